The summed E-state index contributed by atoms with van der Waals surface area (Å²) in [6.07, 6.45) is 0. The van der Waals surface area contributed by atoms with Crippen molar-refractivity contribution in [1.29, 1.82) is 0 Å². The summed E-state index contributed by atoms with van der Waals surface area (Å²) in [6.45, 7) is 2.02. The number of hydrogen-bond donors (Lipinski definition) is 2. The lowest BCUT2D eigenvalue weighted by Gasteiger charge is -2.09. The number of carbonyl (C=O) groups excluding carboxylic acids is 2. The lowest BCUT2D eigenvalue weighted by Crippen LogP contribution is -2.43. The van der Waals surface area contributed by atoms with E-state index in [-0.39, 0.29) is 17.4 Å². The molecule has 2 aromatic rings. The van der Waals surface area contributed by atoms with Crippen molar-refractivity contribution in [2.75, 3.05) is 13.2 Å². The van der Waals surface area contributed by atoms with E-state index in [0.29, 0.717) is 17.9 Å². The molecular formula is C17H16ClFN2O4. The molecule has 0 aliphatic heterocycles. The first-order valence-electron chi connectivity index (χ1n) is 7.39. The molecule has 0 bridgehead atoms. The van der Waals surface area contributed by atoms with Crippen molar-refractivity contribution in [1.82, 2.24) is 10.9 Å². The lowest BCUT2D eigenvalue weighted by atomic mass is 10.2. The van der Waals surface area contributed by atoms with E-state index in [2.05, 4.69) is 10.9 Å². The Hall–Kier alpha value is -2.80. The van der Waals surface area contributed by atoms with E-state index in [1.54, 1.807) is 24.3 Å². The first kappa shape index (κ1) is 18.5. The monoisotopic (exact) mass is 366 g/mol. The summed E-state index contributed by atoms with van der Waals surface area (Å²) < 4.78 is 23.4. The highest BCUT2D eigenvalue weighted by Gasteiger charge is 2.09. The molecule has 0 aromatic heterocycles. The fraction of sp³-hybridized carbons (Fsp3) is 0.176. The molecule has 8 heteroatoms. The van der Waals surface area contributed by atoms with Crippen molar-refractivity contribution in [3.8, 4) is 11.5 Å². The minimum Gasteiger partial charge on any atom is -0.494 e. The number of halogens is 2. The quantitative estimate of drug-likeness (QED) is 0.771. The summed E-state index contributed by atoms with van der Waals surface area (Å²) >= 11 is 5.61. The Morgan fingerprint density at radius 2 is 1.72 bits per heavy atom. The summed E-state index contributed by atoms with van der Waals surface area (Å²) in [6, 6.07) is 10.2. The molecule has 0 unspecified atom stereocenters. The molecule has 6 nitrogen and oxygen atoms in total. The van der Waals surface area contributed by atoms with Crippen LogP contribution in [0.5, 0.6) is 11.5 Å². The van der Waals surface area contributed by atoms with Gasteiger partial charge in [-0.25, -0.2) is 4.39 Å². The van der Waals surface area contributed by atoms with Crippen LogP contribution < -0.4 is 20.3 Å². The van der Waals surface area contributed by atoms with Gasteiger partial charge in [-0.2, -0.15) is 0 Å². The van der Waals surface area contributed by atoms with Crippen LogP contribution in [-0.4, -0.2) is 25.0 Å². The van der Waals surface area contributed by atoms with Gasteiger partial charge < -0.3 is 9.47 Å². The molecule has 0 radical (unpaired) electrons. The average Bonchev–Trinajstić information content (AvgIpc) is 2.61. The fourth-order valence-corrected chi connectivity index (χ4v) is 1.99. The van der Waals surface area contributed by atoms with Crippen molar-refractivity contribution >= 4 is 23.4 Å². The molecule has 0 saturated heterocycles. The standard InChI is InChI=1S/C17H16ClFN2O4/c1-2-24-12-5-3-11(4-6-12)17(23)21-20-16(22)10-25-13-7-8-15(19)14(18)9-13/h3-9H,2,10H2,1H3,(H,20,22)(H,21,23). The molecular weight excluding hydrogens is 351 g/mol. The fourth-order valence-electron chi connectivity index (χ4n) is 1.82. The number of hydrogen-bond acceptors (Lipinski definition) is 4. The second-order valence-corrected chi connectivity index (χ2v) is 5.23. The zero-order chi connectivity index (χ0) is 18.2. The third-order valence-corrected chi connectivity index (χ3v) is 3.29. The third-order valence-electron chi connectivity index (χ3n) is 3.00. The van der Waals surface area contributed by atoms with Crippen LogP contribution in [0.15, 0.2) is 42.5 Å². The highest BCUT2D eigenvalue weighted by atomic mass is 35.5. The third kappa shape index (κ3) is 5.65. The van der Waals surface area contributed by atoms with E-state index in [0.717, 1.165) is 6.07 Å². The number of amides is 2. The highest BCUT2D eigenvalue weighted by molar-refractivity contribution is 6.30. The Balaban J connectivity index is 1.78. The van der Waals surface area contributed by atoms with Crippen molar-refractivity contribution in [3.05, 3.63) is 58.9 Å². The molecule has 2 N–H and O–H groups in total. The van der Waals surface area contributed by atoms with E-state index in [4.69, 9.17) is 21.1 Å². The molecule has 132 valence electrons. The van der Waals surface area contributed by atoms with Crippen LogP contribution in [-0.2, 0) is 4.79 Å². The molecule has 0 heterocycles. The van der Waals surface area contributed by atoms with Crippen LogP contribution in [0.1, 0.15) is 17.3 Å². The second kappa shape index (κ2) is 8.89. The normalized spacial score (nSPS) is 10.0. The van der Waals surface area contributed by atoms with Crippen molar-refractivity contribution in [3.63, 3.8) is 0 Å². The Kier molecular flexibility index (Phi) is 6.59. The van der Waals surface area contributed by atoms with Gasteiger partial charge in [0.1, 0.15) is 17.3 Å². The smallest absolute Gasteiger partial charge is 0.276 e. The molecule has 0 atom stereocenters. The number of rotatable bonds is 6. The second-order valence-electron chi connectivity index (χ2n) is 4.82. The van der Waals surface area contributed by atoms with Gasteiger partial charge in [-0.3, -0.25) is 20.4 Å². The largest absolute Gasteiger partial charge is 0.494 e. The Bertz CT molecular complexity index is 753. The number of nitrogens with one attached hydrogen (secondary N) is 2. The van der Waals surface area contributed by atoms with E-state index < -0.39 is 17.6 Å². The van der Waals surface area contributed by atoms with E-state index in [1.165, 1.54) is 12.1 Å². The summed E-state index contributed by atoms with van der Waals surface area (Å²) in [5.74, 6) is -0.768. The Morgan fingerprint density at radius 1 is 1.04 bits per heavy atom. The summed E-state index contributed by atoms with van der Waals surface area (Å²) in [5, 5.41) is -0.110. The topological polar surface area (TPSA) is 76.7 Å². The first-order chi connectivity index (χ1) is 12.0. The molecule has 0 saturated carbocycles. The van der Waals surface area contributed by atoms with Gasteiger partial charge in [0.15, 0.2) is 6.61 Å². The van der Waals surface area contributed by atoms with Gasteiger partial charge in [0.25, 0.3) is 11.8 Å². The molecule has 0 spiro atoms. The molecule has 25 heavy (non-hydrogen) atoms. The zero-order valence-electron chi connectivity index (χ0n) is 13.3. The maximum Gasteiger partial charge on any atom is 0.276 e. The zero-order valence-corrected chi connectivity index (χ0v) is 14.1. The van der Waals surface area contributed by atoms with Crippen LogP contribution in [0.3, 0.4) is 0 Å². The molecule has 0 aliphatic rings. The highest BCUT2D eigenvalue weighted by Crippen LogP contribution is 2.20. The molecule has 2 rings (SSSR count). The number of ether oxygens (including phenoxy) is 2. The van der Waals surface area contributed by atoms with Crippen molar-refractivity contribution in [2.45, 2.75) is 6.92 Å². The van der Waals surface area contributed by atoms with Gasteiger partial charge in [0, 0.05) is 11.6 Å². The summed E-state index contributed by atoms with van der Waals surface area (Å²) in [4.78, 5) is 23.6. The minimum atomic E-state index is -0.584. The van der Waals surface area contributed by atoms with Gasteiger partial charge >= 0.3 is 0 Å². The van der Waals surface area contributed by atoms with E-state index in [1.807, 2.05) is 6.92 Å². The van der Waals surface area contributed by atoms with Gasteiger partial charge in [-0.15, -0.1) is 0 Å². The van der Waals surface area contributed by atoms with Gasteiger partial charge in [0.05, 0.1) is 11.6 Å². The summed E-state index contributed by atoms with van der Waals surface area (Å²) in [7, 11) is 0. The van der Waals surface area contributed by atoms with Gasteiger partial charge in [-0.05, 0) is 43.3 Å². The predicted molar refractivity (Wildman–Crippen MR) is 90.1 cm³/mol. The van der Waals surface area contributed by atoms with Gasteiger partial charge in [-0.1, -0.05) is 11.6 Å². The van der Waals surface area contributed by atoms with Crippen LogP contribution >= 0.6 is 11.6 Å². The van der Waals surface area contributed by atoms with Crippen LogP contribution in [0.25, 0.3) is 0 Å². The number of benzene rings is 2. The molecule has 0 aliphatic carbocycles. The predicted octanol–water partition coefficient (Wildman–Crippen LogP) is 2.72. The van der Waals surface area contributed by atoms with Gasteiger partial charge in [0.2, 0.25) is 0 Å². The Labute approximate surface area is 148 Å². The lowest BCUT2D eigenvalue weighted by molar-refractivity contribution is -0.123. The minimum absolute atomic E-state index is 0.110. The maximum absolute atomic E-state index is 13.0. The van der Waals surface area contributed by atoms with Crippen molar-refractivity contribution < 1.29 is 23.5 Å². The van der Waals surface area contributed by atoms with Crippen LogP contribution in [0, 0.1) is 5.82 Å². The molecule has 0 fully saturated rings. The van der Waals surface area contributed by atoms with E-state index in [9.17, 15) is 14.0 Å². The number of hydrazine groups is 1. The van der Waals surface area contributed by atoms with Crippen LogP contribution in [0.4, 0.5) is 4.39 Å². The van der Waals surface area contributed by atoms with E-state index >= 15 is 0 Å². The average molecular weight is 367 g/mol. The Morgan fingerprint density at radius 3 is 2.36 bits per heavy atom. The number of carbonyl (C=O) groups is 2. The van der Waals surface area contributed by atoms with Crippen molar-refractivity contribution in [2.24, 2.45) is 0 Å². The van der Waals surface area contributed by atoms with Crippen LogP contribution in [0.2, 0.25) is 5.02 Å². The molecule has 2 amide bonds. The molecule has 2 aromatic carbocycles. The summed E-state index contributed by atoms with van der Waals surface area (Å²) in [5.41, 5.74) is 4.83. The SMILES string of the molecule is CCOc1ccc(C(=O)NNC(=O)COc2ccc(F)c(Cl)c2)cc1. The first-order valence-corrected chi connectivity index (χ1v) is 7.77. The maximum atomic E-state index is 13.0.